The molecule has 1 aromatic carbocycles. The average molecular weight is 549 g/mol. The van der Waals surface area contributed by atoms with Crippen molar-refractivity contribution in [3.63, 3.8) is 0 Å². The van der Waals surface area contributed by atoms with Gasteiger partial charge in [0.05, 0.1) is 18.8 Å². The lowest BCUT2D eigenvalue weighted by molar-refractivity contribution is 0.0168. The molecule has 2 heterocycles. The van der Waals surface area contributed by atoms with Crippen molar-refractivity contribution in [3.05, 3.63) is 54.8 Å². The maximum atomic E-state index is 14.5. The topological polar surface area (TPSA) is 93.4 Å². The molecule has 2 N–H and O–H groups in total. The summed E-state index contributed by atoms with van der Waals surface area (Å²) in [4.78, 5) is 35.1. The van der Waals surface area contributed by atoms with Crippen molar-refractivity contribution in [2.45, 2.75) is 10.8 Å². The molecule has 0 fully saturated rings. The van der Waals surface area contributed by atoms with Crippen LogP contribution in [0.1, 0.15) is 21.6 Å². The Kier molecular flexibility index (Phi) is 7.27. The van der Waals surface area contributed by atoms with E-state index in [4.69, 9.17) is 9.94 Å². The van der Waals surface area contributed by atoms with Crippen molar-refractivity contribution >= 4 is 61.8 Å². The molecule has 3 rings (SSSR count). The third-order valence-corrected chi connectivity index (χ3v) is 6.87. The maximum absolute atomic E-state index is 14.5. The molecule has 11 heteroatoms. The van der Waals surface area contributed by atoms with Gasteiger partial charge in [0, 0.05) is 22.7 Å². The molecule has 7 nitrogen and oxygen atoms in total. The summed E-state index contributed by atoms with van der Waals surface area (Å²) in [7, 11) is 1.55. The number of aliphatic hydroxyl groups is 1. The number of amides is 1. The van der Waals surface area contributed by atoms with E-state index in [1.165, 1.54) is 33.7 Å². The highest BCUT2D eigenvalue weighted by Crippen LogP contribution is 2.30. The fourth-order valence-corrected chi connectivity index (χ4v) is 4.79. The summed E-state index contributed by atoms with van der Waals surface area (Å²) in [5.74, 6) is -1.03. The number of carbonyl (C=O) groups is 1. The Morgan fingerprint density at radius 2 is 2.24 bits per heavy atom. The zero-order valence-electron chi connectivity index (χ0n) is 15.5. The van der Waals surface area contributed by atoms with E-state index in [1.807, 2.05) is 28.8 Å². The van der Waals surface area contributed by atoms with Gasteiger partial charge in [-0.25, -0.2) is 14.9 Å². The number of halogens is 2. The third kappa shape index (κ3) is 4.63. The number of nitrogens with zero attached hydrogens (tertiary/aromatic N) is 2. The Morgan fingerprint density at radius 3 is 2.90 bits per heavy atom. The summed E-state index contributed by atoms with van der Waals surface area (Å²) in [5, 5.41) is 8.86. The number of hydroxylamine groups is 1. The Bertz CT molecular complexity index is 1130. The summed E-state index contributed by atoms with van der Waals surface area (Å²) >= 11 is 4.58. The largest absolute Gasteiger partial charge is 0.394 e. The molecule has 2 aromatic heterocycles. The molecule has 0 radical (unpaired) electrons. The first-order valence-electron chi connectivity index (χ1n) is 8.40. The van der Waals surface area contributed by atoms with Crippen molar-refractivity contribution in [1.29, 1.82) is 0 Å². The summed E-state index contributed by atoms with van der Waals surface area (Å²) in [6.45, 7) is -0.355. The van der Waals surface area contributed by atoms with E-state index in [2.05, 4.69) is 10.5 Å². The SMILES string of the molecule is CSc1nc2c(C(=O)NOCCO)c(Cc3ccc(I)cc3F)n(C)c(=O)c2s1. The fraction of sp³-hybridized carbons (Fsp3) is 0.278. The highest BCUT2D eigenvalue weighted by molar-refractivity contribution is 14.1. The number of benzene rings is 1. The van der Waals surface area contributed by atoms with Gasteiger partial charge < -0.3 is 9.67 Å². The van der Waals surface area contributed by atoms with Gasteiger partial charge in [-0.2, -0.15) is 0 Å². The van der Waals surface area contributed by atoms with E-state index >= 15 is 0 Å². The lowest BCUT2D eigenvalue weighted by Gasteiger charge is -2.15. The second-order valence-corrected chi connectivity index (χ2v) is 9.26. The number of fused-ring (bicyclic) bond motifs is 1. The second kappa shape index (κ2) is 9.51. The zero-order chi connectivity index (χ0) is 21.1. The van der Waals surface area contributed by atoms with Gasteiger partial charge in [0.15, 0.2) is 4.34 Å². The predicted octanol–water partition coefficient (Wildman–Crippen LogP) is 2.71. The molecule has 1 amide bonds. The molecule has 0 aliphatic carbocycles. The standard InChI is InChI=1S/C18H17FIN3O4S2/c1-23-12(7-9-3-4-10(20)8-11(9)19)13(16(25)22-27-6-5-24)14-15(17(23)26)29-18(21-14)28-2/h3-4,8,24H,5-7H2,1-2H3,(H,22,25). The van der Waals surface area contributed by atoms with Gasteiger partial charge in [0.25, 0.3) is 11.5 Å². The first-order valence-corrected chi connectivity index (χ1v) is 11.5. The number of pyridine rings is 1. The zero-order valence-corrected chi connectivity index (χ0v) is 19.3. The molecule has 0 bridgehead atoms. The highest BCUT2D eigenvalue weighted by Gasteiger charge is 2.25. The van der Waals surface area contributed by atoms with Crippen LogP contribution < -0.4 is 11.0 Å². The molecular weight excluding hydrogens is 532 g/mol. The van der Waals surface area contributed by atoms with Crippen LogP contribution in [0.3, 0.4) is 0 Å². The van der Waals surface area contributed by atoms with Crippen LogP contribution >= 0.6 is 45.7 Å². The first kappa shape index (κ1) is 22.2. The van der Waals surface area contributed by atoms with Crippen LogP contribution in [-0.4, -0.2) is 40.0 Å². The van der Waals surface area contributed by atoms with Crippen molar-refractivity contribution in [2.24, 2.45) is 7.05 Å². The van der Waals surface area contributed by atoms with Crippen LogP contribution in [0.5, 0.6) is 0 Å². The fourth-order valence-electron chi connectivity index (χ4n) is 2.79. The number of thiazole rings is 1. The second-order valence-electron chi connectivity index (χ2n) is 5.96. The van der Waals surface area contributed by atoms with Crippen LogP contribution in [0.15, 0.2) is 27.3 Å². The van der Waals surface area contributed by atoms with Crippen LogP contribution in [0.4, 0.5) is 4.39 Å². The van der Waals surface area contributed by atoms with E-state index in [9.17, 15) is 14.0 Å². The summed E-state index contributed by atoms with van der Waals surface area (Å²) in [5.41, 5.74) is 3.05. The quantitative estimate of drug-likeness (QED) is 0.204. The number of hydrogen-bond donors (Lipinski definition) is 2. The number of aliphatic hydroxyl groups excluding tert-OH is 1. The Balaban J connectivity index is 2.20. The van der Waals surface area contributed by atoms with E-state index in [-0.39, 0.29) is 36.3 Å². The molecule has 0 saturated heterocycles. The molecule has 0 spiro atoms. The van der Waals surface area contributed by atoms with E-state index in [1.54, 1.807) is 19.2 Å². The molecule has 0 unspecified atom stereocenters. The number of rotatable bonds is 7. The van der Waals surface area contributed by atoms with E-state index in [0.29, 0.717) is 20.3 Å². The summed E-state index contributed by atoms with van der Waals surface area (Å²) < 4.78 is 17.5. The molecule has 0 saturated carbocycles. The van der Waals surface area contributed by atoms with Gasteiger partial charge in [-0.1, -0.05) is 17.8 Å². The summed E-state index contributed by atoms with van der Waals surface area (Å²) in [6, 6.07) is 4.78. The van der Waals surface area contributed by atoms with Crippen LogP contribution in [0, 0.1) is 9.39 Å². The minimum Gasteiger partial charge on any atom is -0.394 e. The molecule has 0 atom stereocenters. The molecule has 0 aliphatic rings. The Labute approximate surface area is 187 Å². The lowest BCUT2D eigenvalue weighted by Crippen LogP contribution is -2.31. The average Bonchev–Trinajstić information content (AvgIpc) is 3.12. The van der Waals surface area contributed by atoms with Crippen molar-refractivity contribution in [2.75, 3.05) is 19.5 Å². The van der Waals surface area contributed by atoms with Gasteiger partial charge in [-0.3, -0.25) is 14.4 Å². The van der Waals surface area contributed by atoms with Crippen LogP contribution in [0.2, 0.25) is 0 Å². The van der Waals surface area contributed by atoms with E-state index < -0.39 is 11.7 Å². The van der Waals surface area contributed by atoms with Gasteiger partial charge in [0.2, 0.25) is 0 Å². The molecule has 154 valence electrons. The monoisotopic (exact) mass is 549 g/mol. The minimum atomic E-state index is -0.613. The molecule has 3 aromatic rings. The molecule has 0 aliphatic heterocycles. The minimum absolute atomic E-state index is 0.0271. The van der Waals surface area contributed by atoms with Crippen molar-refractivity contribution in [3.8, 4) is 0 Å². The highest BCUT2D eigenvalue weighted by atomic mass is 127. The summed E-state index contributed by atoms with van der Waals surface area (Å²) in [6.07, 6.45) is 1.85. The van der Waals surface area contributed by atoms with Gasteiger partial charge in [0.1, 0.15) is 16.0 Å². The lowest BCUT2D eigenvalue weighted by atomic mass is 10.0. The van der Waals surface area contributed by atoms with Crippen molar-refractivity contribution in [1.82, 2.24) is 15.0 Å². The van der Waals surface area contributed by atoms with Gasteiger partial charge in [-0.15, -0.1) is 11.3 Å². The van der Waals surface area contributed by atoms with Crippen LogP contribution in [-0.2, 0) is 18.3 Å². The predicted molar refractivity (Wildman–Crippen MR) is 119 cm³/mol. The number of aromatic nitrogens is 2. The number of nitrogens with one attached hydrogen (secondary N) is 1. The number of hydrogen-bond acceptors (Lipinski definition) is 7. The smallest absolute Gasteiger partial charge is 0.278 e. The van der Waals surface area contributed by atoms with Gasteiger partial charge in [-0.05, 0) is 46.5 Å². The Morgan fingerprint density at radius 1 is 1.48 bits per heavy atom. The number of carbonyl (C=O) groups excluding carboxylic acids is 1. The van der Waals surface area contributed by atoms with Gasteiger partial charge >= 0.3 is 0 Å². The Hall–Kier alpha value is -1.54. The third-order valence-electron chi connectivity index (χ3n) is 4.17. The maximum Gasteiger partial charge on any atom is 0.278 e. The molecular formula is C18H17FIN3O4S2. The molecule has 29 heavy (non-hydrogen) atoms. The van der Waals surface area contributed by atoms with Crippen molar-refractivity contribution < 1.29 is 19.1 Å². The number of thioether (sulfide) groups is 1. The van der Waals surface area contributed by atoms with Crippen LogP contribution in [0.25, 0.3) is 10.2 Å². The van der Waals surface area contributed by atoms with E-state index in [0.717, 1.165) is 3.57 Å². The normalized spacial score (nSPS) is 11.2. The first-order chi connectivity index (χ1) is 13.9.